The molecule has 0 radical (unpaired) electrons. The molecule has 4 atom stereocenters. The smallest absolute Gasteiger partial charge is 0.326 e. The first-order valence-electron chi connectivity index (χ1n) is 11.1. The topological polar surface area (TPSA) is 179 Å². The highest BCUT2D eigenvalue weighted by Gasteiger charge is 2.38. The SMILES string of the molecule is CSCCC(N)C(=O)N1CCCC1C(=O)NC(CC(C)C)C(=O)NC(CCC(=O)O)C(=O)O. The molecule has 4 unspecified atom stereocenters. The Labute approximate surface area is 198 Å². The van der Waals surface area contributed by atoms with Crippen LogP contribution in [0, 0.1) is 5.92 Å². The van der Waals surface area contributed by atoms with Crippen molar-refractivity contribution in [2.45, 2.75) is 76.5 Å². The van der Waals surface area contributed by atoms with Crippen LogP contribution in [-0.2, 0) is 24.0 Å². The molecule has 33 heavy (non-hydrogen) atoms. The van der Waals surface area contributed by atoms with Gasteiger partial charge in [-0.2, -0.15) is 11.8 Å². The van der Waals surface area contributed by atoms with Crippen LogP contribution in [0.25, 0.3) is 0 Å². The molecule has 0 aliphatic carbocycles. The average Bonchev–Trinajstić information content (AvgIpc) is 3.22. The van der Waals surface area contributed by atoms with E-state index in [2.05, 4.69) is 10.6 Å². The van der Waals surface area contributed by atoms with Gasteiger partial charge in [-0.1, -0.05) is 13.8 Å². The highest BCUT2D eigenvalue weighted by atomic mass is 32.2. The summed E-state index contributed by atoms with van der Waals surface area (Å²) in [5.74, 6) is -3.30. The van der Waals surface area contributed by atoms with Crippen LogP contribution in [0.4, 0.5) is 0 Å². The Kier molecular flexibility index (Phi) is 12.2. The van der Waals surface area contributed by atoms with Gasteiger partial charge >= 0.3 is 11.9 Å². The Morgan fingerprint density at radius 1 is 1.09 bits per heavy atom. The average molecular weight is 489 g/mol. The fourth-order valence-electron chi connectivity index (χ4n) is 3.65. The number of carboxylic acids is 2. The van der Waals surface area contributed by atoms with Crippen molar-refractivity contribution in [1.29, 1.82) is 0 Å². The van der Waals surface area contributed by atoms with E-state index in [1.807, 2.05) is 20.1 Å². The van der Waals surface area contributed by atoms with Crippen molar-refractivity contribution < 1.29 is 34.2 Å². The number of nitrogens with zero attached hydrogens (tertiary/aromatic N) is 1. The third-order valence-corrected chi connectivity index (χ3v) is 6.03. The number of hydrogen-bond acceptors (Lipinski definition) is 7. The molecule has 0 spiro atoms. The van der Waals surface area contributed by atoms with E-state index < -0.39 is 54.3 Å². The fourth-order valence-corrected chi connectivity index (χ4v) is 4.14. The molecule has 1 saturated heterocycles. The lowest BCUT2D eigenvalue weighted by Gasteiger charge is -2.29. The summed E-state index contributed by atoms with van der Waals surface area (Å²) in [6, 6.07) is -3.86. The number of amides is 3. The normalized spacial score (nSPS) is 18.5. The fraction of sp³-hybridized carbons (Fsp3) is 0.762. The molecule has 188 valence electrons. The monoisotopic (exact) mass is 488 g/mol. The van der Waals surface area contributed by atoms with Crippen LogP contribution in [0.5, 0.6) is 0 Å². The zero-order chi connectivity index (χ0) is 25.1. The third-order valence-electron chi connectivity index (χ3n) is 5.39. The first-order valence-corrected chi connectivity index (χ1v) is 12.5. The van der Waals surface area contributed by atoms with E-state index in [0.717, 1.165) is 5.75 Å². The van der Waals surface area contributed by atoms with Crippen LogP contribution >= 0.6 is 11.8 Å². The number of rotatable bonds is 14. The summed E-state index contributed by atoms with van der Waals surface area (Å²) in [7, 11) is 0. The molecule has 0 saturated carbocycles. The number of carbonyl (C=O) groups is 5. The Hall–Kier alpha value is -2.34. The number of thioether (sulfide) groups is 1. The lowest BCUT2D eigenvalue weighted by atomic mass is 10.0. The van der Waals surface area contributed by atoms with Crippen LogP contribution < -0.4 is 16.4 Å². The number of carboxylic acid groups (broad SMARTS) is 2. The second-order valence-corrected chi connectivity index (χ2v) is 9.59. The molecule has 3 amide bonds. The molecular weight excluding hydrogens is 452 g/mol. The number of carbonyl (C=O) groups excluding carboxylic acids is 3. The Bertz CT molecular complexity index is 719. The minimum atomic E-state index is -1.39. The largest absolute Gasteiger partial charge is 0.481 e. The number of likely N-dealkylation sites (tertiary alicyclic amines) is 1. The highest BCUT2D eigenvalue weighted by Crippen LogP contribution is 2.20. The summed E-state index contributed by atoms with van der Waals surface area (Å²) >= 11 is 1.58. The minimum absolute atomic E-state index is 0.00428. The summed E-state index contributed by atoms with van der Waals surface area (Å²) in [6.45, 7) is 4.10. The van der Waals surface area contributed by atoms with Gasteiger partial charge in [0.05, 0.1) is 6.04 Å². The molecule has 1 aliphatic heterocycles. The second kappa shape index (κ2) is 14.0. The first kappa shape index (κ1) is 28.7. The van der Waals surface area contributed by atoms with Crippen LogP contribution in [0.1, 0.15) is 52.4 Å². The van der Waals surface area contributed by atoms with Crippen molar-refractivity contribution in [3.05, 3.63) is 0 Å². The van der Waals surface area contributed by atoms with Crippen LogP contribution in [0.2, 0.25) is 0 Å². The van der Waals surface area contributed by atoms with Gasteiger partial charge in [0.1, 0.15) is 18.1 Å². The highest BCUT2D eigenvalue weighted by molar-refractivity contribution is 7.98. The van der Waals surface area contributed by atoms with Gasteiger partial charge in [-0.25, -0.2) is 4.79 Å². The predicted octanol–water partition coefficient (Wildman–Crippen LogP) is 0.0229. The zero-order valence-corrected chi connectivity index (χ0v) is 20.2. The molecule has 1 heterocycles. The van der Waals surface area contributed by atoms with E-state index in [9.17, 15) is 29.1 Å². The zero-order valence-electron chi connectivity index (χ0n) is 19.4. The maximum Gasteiger partial charge on any atom is 0.326 e. The number of nitrogens with two attached hydrogens (primary N) is 1. The molecule has 0 bridgehead atoms. The van der Waals surface area contributed by atoms with Crippen LogP contribution in [-0.4, -0.2) is 87.5 Å². The second-order valence-electron chi connectivity index (χ2n) is 8.60. The van der Waals surface area contributed by atoms with Crippen molar-refractivity contribution in [1.82, 2.24) is 15.5 Å². The molecule has 1 aliphatic rings. The van der Waals surface area contributed by atoms with Crippen molar-refractivity contribution >= 4 is 41.4 Å². The molecule has 0 aromatic rings. The number of nitrogens with one attached hydrogen (secondary N) is 2. The third kappa shape index (κ3) is 9.58. The van der Waals surface area contributed by atoms with Gasteiger partial charge in [-0.3, -0.25) is 19.2 Å². The summed E-state index contributed by atoms with van der Waals surface area (Å²) in [5.41, 5.74) is 6.00. The molecule has 1 fully saturated rings. The lowest BCUT2D eigenvalue weighted by molar-refractivity contribution is -0.144. The molecule has 0 aromatic carbocycles. The van der Waals surface area contributed by atoms with E-state index >= 15 is 0 Å². The Morgan fingerprint density at radius 3 is 2.30 bits per heavy atom. The van der Waals surface area contributed by atoms with Crippen molar-refractivity contribution in [3.8, 4) is 0 Å². The first-order chi connectivity index (χ1) is 15.5. The van der Waals surface area contributed by atoms with Gasteiger partial charge in [0, 0.05) is 13.0 Å². The number of aliphatic carboxylic acids is 2. The van der Waals surface area contributed by atoms with Gasteiger partial charge in [0.15, 0.2) is 0 Å². The van der Waals surface area contributed by atoms with Gasteiger partial charge in [-0.05, 0) is 50.0 Å². The minimum Gasteiger partial charge on any atom is -0.481 e. The molecule has 0 aromatic heterocycles. The quantitative estimate of drug-likeness (QED) is 0.225. The maximum absolute atomic E-state index is 13.0. The van der Waals surface area contributed by atoms with E-state index in [4.69, 9.17) is 10.8 Å². The summed E-state index contributed by atoms with van der Waals surface area (Å²) in [4.78, 5) is 62.2. The Morgan fingerprint density at radius 2 is 1.76 bits per heavy atom. The van der Waals surface area contributed by atoms with E-state index in [1.54, 1.807) is 11.8 Å². The van der Waals surface area contributed by atoms with E-state index in [1.165, 1.54) is 4.90 Å². The van der Waals surface area contributed by atoms with Gasteiger partial charge in [-0.15, -0.1) is 0 Å². The van der Waals surface area contributed by atoms with Crippen LogP contribution in [0.15, 0.2) is 0 Å². The van der Waals surface area contributed by atoms with E-state index in [-0.39, 0.29) is 24.7 Å². The molecule has 11 nitrogen and oxygen atoms in total. The summed E-state index contributed by atoms with van der Waals surface area (Å²) < 4.78 is 0. The van der Waals surface area contributed by atoms with E-state index in [0.29, 0.717) is 25.8 Å². The standard InChI is InChI=1S/C21H36N4O7S/c1-12(2)11-15(18(28)23-14(21(31)32)6-7-17(26)27)24-19(29)16-5-4-9-25(16)20(30)13(22)8-10-33-3/h12-16H,4-11,22H2,1-3H3,(H,23,28)(H,24,29)(H,26,27)(H,31,32). The van der Waals surface area contributed by atoms with Crippen LogP contribution in [0.3, 0.4) is 0 Å². The molecule has 6 N–H and O–H groups in total. The summed E-state index contributed by atoms with van der Waals surface area (Å²) in [5, 5.41) is 23.1. The maximum atomic E-state index is 13.0. The molecule has 12 heteroatoms. The van der Waals surface area contributed by atoms with Crippen molar-refractivity contribution in [2.24, 2.45) is 11.7 Å². The van der Waals surface area contributed by atoms with Crippen molar-refractivity contribution in [2.75, 3.05) is 18.6 Å². The van der Waals surface area contributed by atoms with Gasteiger partial charge < -0.3 is 31.5 Å². The Balaban J connectivity index is 2.88. The summed E-state index contributed by atoms with van der Waals surface area (Å²) in [6.07, 6.45) is 3.04. The van der Waals surface area contributed by atoms with Gasteiger partial charge in [0.2, 0.25) is 17.7 Å². The molecule has 1 rings (SSSR count). The van der Waals surface area contributed by atoms with Crippen molar-refractivity contribution in [3.63, 3.8) is 0 Å². The van der Waals surface area contributed by atoms with Gasteiger partial charge in [0.25, 0.3) is 0 Å². The number of hydrogen-bond donors (Lipinski definition) is 5. The predicted molar refractivity (Wildman–Crippen MR) is 124 cm³/mol. The molecular formula is C21H36N4O7S. The lowest BCUT2D eigenvalue weighted by Crippen LogP contribution is -2.57.